The normalized spacial score (nSPS) is 12.4. The molecule has 2 aromatic rings. The predicted octanol–water partition coefficient (Wildman–Crippen LogP) is 2.41. The molecule has 1 atom stereocenters. The first-order valence-corrected chi connectivity index (χ1v) is 4.79. The van der Waals surface area contributed by atoms with Crippen molar-refractivity contribution in [2.75, 3.05) is 0 Å². The largest absolute Gasteiger partial charge is 0.320 e. The van der Waals surface area contributed by atoms with E-state index in [1.165, 1.54) is 30.6 Å². The molecule has 0 fully saturated rings. The van der Waals surface area contributed by atoms with Gasteiger partial charge in [0.05, 0.1) is 6.04 Å². The van der Waals surface area contributed by atoms with Gasteiger partial charge in [-0.25, -0.2) is 8.78 Å². The smallest absolute Gasteiger partial charge is 0.131 e. The van der Waals surface area contributed by atoms with E-state index in [0.29, 0.717) is 5.56 Å². The van der Waals surface area contributed by atoms with Gasteiger partial charge in [-0.05, 0) is 29.8 Å². The Kier molecular flexibility index (Phi) is 2.92. The van der Waals surface area contributed by atoms with Gasteiger partial charge >= 0.3 is 0 Å². The molecule has 0 aliphatic heterocycles. The number of rotatable bonds is 2. The number of nitrogens with zero attached hydrogens (tertiary/aromatic N) is 1. The van der Waals surface area contributed by atoms with Crippen molar-refractivity contribution in [3.05, 3.63) is 65.5 Å². The van der Waals surface area contributed by atoms with Crippen molar-refractivity contribution >= 4 is 0 Å². The molecule has 0 radical (unpaired) electrons. The molecule has 2 nitrogen and oxygen atoms in total. The molecule has 1 unspecified atom stereocenters. The Morgan fingerprint density at radius 3 is 2.12 bits per heavy atom. The minimum absolute atomic E-state index is 0.117. The Labute approximate surface area is 91.7 Å². The Morgan fingerprint density at radius 1 is 1.00 bits per heavy atom. The summed E-state index contributed by atoms with van der Waals surface area (Å²) in [6.45, 7) is 0. The number of halogens is 2. The van der Waals surface area contributed by atoms with Crippen LogP contribution in [0, 0.1) is 11.6 Å². The van der Waals surface area contributed by atoms with Gasteiger partial charge in [-0.2, -0.15) is 0 Å². The van der Waals surface area contributed by atoms with E-state index in [4.69, 9.17) is 5.73 Å². The van der Waals surface area contributed by atoms with Gasteiger partial charge in [0.2, 0.25) is 0 Å². The van der Waals surface area contributed by atoms with E-state index < -0.39 is 17.7 Å². The molecule has 1 heterocycles. The molecule has 82 valence electrons. The molecule has 16 heavy (non-hydrogen) atoms. The first-order chi connectivity index (χ1) is 7.70. The zero-order chi connectivity index (χ0) is 11.5. The lowest BCUT2D eigenvalue weighted by molar-refractivity contribution is 0.543. The van der Waals surface area contributed by atoms with Crippen molar-refractivity contribution in [1.29, 1.82) is 0 Å². The molecule has 0 amide bonds. The van der Waals surface area contributed by atoms with Crippen LogP contribution in [0.4, 0.5) is 8.78 Å². The zero-order valence-electron chi connectivity index (χ0n) is 8.40. The van der Waals surface area contributed by atoms with Crippen LogP contribution in [0.15, 0.2) is 42.7 Å². The van der Waals surface area contributed by atoms with E-state index in [1.807, 2.05) is 0 Å². The van der Waals surface area contributed by atoms with Crippen LogP contribution in [0.1, 0.15) is 17.2 Å². The summed E-state index contributed by atoms with van der Waals surface area (Å²) >= 11 is 0. The summed E-state index contributed by atoms with van der Waals surface area (Å²) in [4.78, 5) is 3.82. The average Bonchev–Trinajstić information content (AvgIpc) is 2.30. The van der Waals surface area contributed by atoms with E-state index in [0.717, 1.165) is 0 Å². The molecule has 0 spiro atoms. The van der Waals surface area contributed by atoms with Crippen molar-refractivity contribution in [2.45, 2.75) is 6.04 Å². The van der Waals surface area contributed by atoms with E-state index in [-0.39, 0.29) is 5.56 Å². The first kappa shape index (κ1) is 10.7. The second-order valence-corrected chi connectivity index (χ2v) is 3.39. The summed E-state index contributed by atoms with van der Waals surface area (Å²) in [5, 5.41) is 0. The highest BCUT2D eigenvalue weighted by Gasteiger charge is 2.17. The minimum atomic E-state index is -0.816. The lowest BCUT2D eigenvalue weighted by atomic mass is 10.00. The van der Waals surface area contributed by atoms with E-state index in [1.54, 1.807) is 12.1 Å². The number of benzene rings is 1. The highest BCUT2D eigenvalue weighted by atomic mass is 19.1. The van der Waals surface area contributed by atoms with E-state index in [2.05, 4.69) is 4.98 Å². The Morgan fingerprint density at radius 2 is 1.56 bits per heavy atom. The monoisotopic (exact) mass is 220 g/mol. The maximum atomic E-state index is 13.5. The lowest BCUT2D eigenvalue weighted by Crippen LogP contribution is -2.15. The van der Waals surface area contributed by atoms with Crippen LogP contribution in [0.2, 0.25) is 0 Å². The average molecular weight is 220 g/mol. The fourth-order valence-electron chi connectivity index (χ4n) is 1.55. The summed E-state index contributed by atoms with van der Waals surface area (Å²) in [6, 6.07) is 6.16. The topological polar surface area (TPSA) is 38.9 Å². The molecule has 2 N–H and O–H groups in total. The van der Waals surface area contributed by atoms with Crippen LogP contribution in [0.25, 0.3) is 0 Å². The Balaban J connectivity index is 2.46. The van der Waals surface area contributed by atoms with Gasteiger partial charge in [-0.15, -0.1) is 0 Å². The van der Waals surface area contributed by atoms with Crippen molar-refractivity contribution in [1.82, 2.24) is 4.98 Å². The minimum Gasteiger partial charge on any atom is -0.320 e. The van der Waals surface area contributed by atoms with Gasteiger partial charge in [-0.3, -0.25) is 4.98 Å². The lowest BCUT2D eigenvalue weighted by Gasteiger charge is -2.13. The molecular weight excluding hydrogens is 210 g/mol. The van der Waals surface area contributed by atoms with Crippen molar-refractivity contribution in [2.24, 2.45) is 5.73 Å². The third-order valence-corrected chi connectivity index (χ3v) is 2.38. The molecule has 0 aliphatic rings. The van der Waals surface area contributed by atoms with Crippen LogP contribution in [-0.2, 0) is 0 Å². The van der Waals surface area contributed by atoms with Gasteiger partial charge in [0.1, 0.15) is 11.6 Å². The maximum Gasteiger partial charge on any atom is 0.131 e. The maximum absolute atomic E-state index is 13.5. The number of hydrogen-bond donors (Lipinski definition) is 1. The third-order valence-electron chi connectivity index (χ3n) is 2.38. The second-order valence-electron chi connectivity index (χ2n) is 3.39. The van der Waals surface area contributed by atoms with E-state index >= 15 is 0 Å². The van der Waals surface area contributed by atoms with E-state index in [9.17, 15) is 8.78 Å². The van der Waals surface area contributed by atoms with Crippen LogP contribution >= 0.6 is 0 Å². The summed E-state index contributed by atoms with van der Waals surface area (Å²) in [7, 11) is 0. The first-order valence-electron chi connectivity index (χ1n) is 4.79. The number of hydrogen-bond acceptors (Lipinski definition) is 2. The SMILES string of the molecule is NC(c1ccncc1)c1c(F)cccc1F. The van der Waals surface area contributed by atoms with Crippen LogP contribution < -0.4 is 5.73 Å². The molecule has 1 aromatic carbocycles. The standard InChI is InChI=1S/C12H10F2N2/c13-9-2-1-3-10(14)11(9)12(15)8-4-6-16-7-5-8/h1-7,12H,15H2. The van der Waals surface area contributed by atoms with Gasteiger partial charge < -0.3 is 5.73 Å². The second kappa shape index (κ2) is 4.37. The van der Waals surface area contributed by atoms with Crippen molar-refractivity contribution in [3.8, 4) is 0 Å². The summed E-state index contributed by atoms with van der Waals surface area (Å²) in [5.74, 6) is -1.27. The molecule has 0 saturated heterocycles. The van der Waals surface area contributed by atoms with Crippen molar-refractivity contribution in [3.63, 3.8) is 0 Å². The fourth-order valence-corrected chi connectivity index (χ4v) is 1.55. The summed E-state index contributed by atoms with van der Waals surface area (Å²) in [5.41, 5.74) is 6.32. The van der Waals surface area contributed by atoms with Gasteiger partial charge in [0.15, 0.2) is 0 Å². The highest BCUT2D eigenvalue weighted by Crippen LogP contribution is 2.24. The molecule has 0 bridgehead atoms. The number of aromatic nitrogens is 1. The molecule has 1 aromatic heterocycles. The number of nitrogens with two attached hydrogens (primary N) is 1. The van der Waals surface area contributed by atoms with Crippen LogP contribution in [0.5, 0.6) is 0 Å². The van der Waals surface area contributed by atoms with Gasteiger partial charge in [0, 0.05) is 18.0 Å². The zero-order valence-corrected chi connectivity index (χ0v) is 8.40. The Bertz CT molecular complexity index is 465. The molecule has 0 aliphatic carbocycles. The fraction of sp³-hybridized carbons (Fsp3) is 0.0833. The summed E-state index contributed by atoms with van der Waals surface area (Å²) < 4.78 is 26.9. The molecule has 0 saturated carbocycles. The van der Waals surface area contributed by atoms with Gasteiger partial charge in [-0.1, -0.05) is 6.07 Å². The molecular formula is C12H10F2N2. The Hall–Kier alpha value is -1.81. The van der Waals surface area contributed by atoms with Gasteiger partial charge in [0.25, 0.3) is 0 Å². The summed E-state index contributed by atoms with van der Waals surface area (Å²) in [6.07, 6.45) is 3.07. The van der Waals surface area contributed by atoms with Crippen molar-refractivity contribution < 1.29 is 8.78 Å². The predicted molar refractivity (Wildman–Crippen MR) is 56.6 cm³/mol. The number of pyridine rings is 1. The highest BCUT2D eigenvalue weighted by molar-refractivity contribution is 5.32. The third kappa shape index (κ3) is 1.92. The quantitative estimate of drug-likeness (QED) is 0.844. The van der Waals surface area contributed by atoms with Crippen LogP contribution in [0.3, 0.4) is 0 Å². The van der Waals surface area contributed by atoms with Crippen LogP contribution in [-0.4, -0.2) is 4.98 Å². The molecule has 2 rings (SSSR count). The molecule has 4 heteroatoms.